The Kier molecular flexibility index (Phi) is 3.20. The summed E-state index contributed by atoms with van der Waals surface area (Å²) in [5, 5.41) is 14.4. The molecule has 0 aliphatic carbocycles. The monoisotopic (exact) mass is 317 g/mol. The molecule has 0 aliphatic rings. The maximum Gasteiger partial charge on any atom is 0.165 e. The van der Waals surface area contributed by atoms with Crippen molar-refractivity contribution in [3.8, 4) is 17.2 Å². The largest absolute Gasteiger partial charge is 0.382 e. The quantitative estimate of drug-likeness (QED) is 0.745. The van der Waals surface area contributed by atoms with Crippen LogP contribution in [0.15, 0.2) is 24.4 Å². The summed E-state index contributed by atoms with van der Waals surface area (Å²) in [5.41, 5.74) is 9.02. The van der Waals surface area contributed by atoms with Gasteiger partial charge in [-0.1, -0.05) is 29.3 Å². The van der Waals surface area contributed by atoms with Crippen molar-refractivity contribution in [1.29, 1.82) is 5.26 Å². The molecule has 104 valence electrons. The number of benzene rings is 1. The number of hydrogen-bond donors (Lipinski definition) is 1. The fraction of sp³-hybridized carbons (Fsp3) is 0.0714. The zero-order chi connectivity index (χ0) is 15.1. The van der Waals surface area contributed by atoms with Gasteiger partial charge in [0, 0.05) is 10.6 Å². The molecule has 0 aliphatic heterocycles. The zero-order valence-electron chi connectivity index (χ0n) is 10.9. The molecule has 0 radical (unpaired) electrons. The summed E-state index contributed by atoms with van der Waals surface area (Å²) >= 11 is 12.2. The molecule has 0 fully saturated rings. The van der Waals surface area contributed by atoms with Gasteiger partial charge in [0.05, 0.1) is 22.5 Å². The molecule has 0 bridgehead atoms. The molecule has 0 atom stereocenters. The van der Waals surface area contributed by atoms with E-state index in [1.807, 2.05) is 19.1 Å². The van der Waals surface area contributed by atoms with Crippen molar-refractivity contribution in [1.82, 2.24) is 14.6 Å². The molecule has 0 spiro atoms. The summed E-state index contributed by atoms with van der Waals surface area (Å²) in [6.07, 6.45) is 1.43. The Morgan fingerprint density at radius 2 is 2.10 bits per heavy atom. The van der Waals surface area contributed by atoms with Gasteiger partial charge in [-0.15, -0.1) is 0 Å². The van der Waals surface area contributed by atoms with Gasteiger partial charge in [-0.05, 0) is 19.1 Å². The molecule has 2 aromatic heterocycles. The van der Waals surface area contributed by atoms with Crippen molar-refractivity contribution in [2.24, 2.45) is 0 Å². The van der Waals surface area contributed by atoms with Crippen LogP contribution < -0.4 is 5.73 Å². The Bertz CT molecular complexity index is 908. The number of nitrogens with two attached hydrogens (primary N) is 1. The number of rotatable bonds is 1. The maximum atomic E-state index is 9.00. The van der Waals surface area contributed by atoms with Crippen LogP contribution in [0.3, 0.4) is 0 Å². The van der Waals surface area contributed by atoms with Crippen LogP contribution in [0.25, 0.3) is 16.8 Å². The number of halogens is 2. The van der Waals surface area contributed by atoms with E-state index >= 15 is 0 Å². The maximum absolute atomic E-state index is 9.00. The molecule has 21 heavy (non-hydrogen) atoms. The summed E-state index contributed by atoms with van der Waals surface area (Å²) in [7, 11) is 0. The number of aryl methyl sites for hydroxylation is 1. The molecule has 3 aromatic rings. The molecule has 0 amide bonds. The van der Waals surface area contributed by atoms with Crippen LogP contribution in [0.1, 0.15) is 11.3 Å². The first-order valence-corrected chi connectivity index (χ1v) is 6.78. The number of nitrogens with zero attached hydrogens (tertiary/aromatic N) is 4. The summed E-state index contributed by atoms with van der Waals surface area (Å²) < 4.78 is 1.45. The number of fused-ring (bicyclic) bond motifs is 1. The summed E-state index contributed by atoms with van der Waals surface area (Å²) in [6.45, 7) is 1.83. The second-order valence-corrected chi connectivity index (χ2v) is 5.33. The van der Waals surface area contributed by atoms with Crippen molar-refractivity contribution in [2.45, 2.75) is 6.92 Å². The van der Waals surface area contributed by atoms with E-state index in [0.717, 1.165) is 11.1 Å². The van der Waals surface area contributed by atoms with Gasteiger partial charge in [-0.3, -0.25) is 0 Å². The number of nitrogen functional groups attached to an aromatic ring is 1. The molecule has 2 heterocycles. The van der Waals surface area contributed by atoms with Crippen molar-refractivity contribution in [2.75, 3.05) is 5.73 Å². The van der Waals surface area contributed by atoms with Gasteiger partial charge in [0.2, 0.25) is 0 Å². The Morgan fingerprint density at radius 3 is 2.76 bits per heavy atom. The van der Waals surface area contributed by atoms with Crippen LogP contribution >= 0.6 is 23.2 Å². The number of hydrogen-bond acceptors (Lipinski definition) is 4. The normalized spacial score (nSPS) is 10.8. The Labute approximate surface area is 130 Å². The van der Waals surface area contributed by atoms with E-state index in [1.165, 1.54) is 10.7 Å². The van der Waals surface area contributed by atoms with E-state index in [0.29, 0.717) is 21.4 Å². The predicted molar refractivity (Wildman–Crippen MR) is 82.3 cm³/mol. The van der Waals surface area contributed by atoms with Crippen molar-refractivity contribution in [3.63, 3.8) is 0 Å². The molecule has 0 saturated carbocycles. The van der Waals surface area contributed by atoms with Gasteiger partial charge >= 0.3 is 0 Å². The summed E-state index contributed by atoms with van der Waals surface area (Å²) in [4.78, 5) is 4.28. The van der Waals surface area contributed by atoms with Crippen molar-refractivity contribution >= 4 is 34.7 Å². The van der Waals surface area contributed by atoms with E-state index in [2.05, 4.69) is 10.1 Å². The standard InChI is InChI=1S/C14H9Cl2N5/c1-7-12(10-3-2-9(15)4-11(10)16)14-19-6-8(5-17)13(18)21(14)20-7/h2-4,6H,18H2,1H3. The third-order valence-electron chi connectivity index (χ3n) is 3.18. The van der Waals surface area contributed by atoms with Crippen LogP contribution in [-0.2, 0) is 0 Å². The lowest BCUT2D eigenvalue weighted by molar-refractivity contribution is 0.925. The van der Waals surface area contributed by atoms with Crippen LogP contribution in [0, 0.1) is 18.3 Å². The number of aromatic nitrogens is 3. The minimum Gasteiger partial charge on any atom is -0.382 e. The molecular weight excluding hydrogens is 309 g/mol. The van der Waals surface area contributed by atoms with Gasteiger partial charge in [0.1, 0.15) is 17.5 Å². The zero-order valence-corrected chi connectivity index (χ0v) is 12.4. The first-order chi connectivity index (χ1) is 10.0. The van der Waals surface area contributed by atoms with E-state index in [-0.39, 0.29) is 11.4 Å². The Hall–Kier alpha value is -2.29. The number of nitriles is 1. The lowest BCUT2D eigenvalue weighted by Gasteiger charge is -2.05. The third-order valence-corrected chi connectivity index (χ3v) is 3.72. The number of anilines is 1. The van der Waals surface area contributed by atoms with Gasteiger partial charge in [-0.25, -0.2) is 4.98 Å². The summed E-state index contributed by atoms with van der Waals surface area (Å²) in [5.74, 6) is 0.252. The van der Waals surface area contributed by atoms with Crippen LogP contribution in [0.5, 0.6) is 0 Å². The topological polar surface area (TPSA) is 80.0 Å². The van der Waals surface area contributed by atoms with Crippen LogP contribution in [-0.4, -0.2) is 14.6 Å². The highest BCUT2D eigenvalue weighted by Crippen LogP contribution is 2.35. The van der Waals surface area contributed by atoms with E-state index in [1.54, 1.807) is 12.1 Å². The highest BCUT2D eigenvalue weighted by molar-refractivity contribution is 6.36. The average molecular weight is 318 g/mol. The minimum absolute atomic E-state index is 0.252. The van der Waals surface area contributed by atoms with E-state index < -0.39 is 0 Å². The Balaban J connectivity index is 2.36. The highest BCUT2D eigenvalue weighted by atomic mass is 35.5. The first-order valence-electron chi connectivity index (χ1n) is 6.02. The van der Waals surface area contributed by atoms with Gasteiger partial charge < -0.3 is 5.73 Å². The molecule has 5 nitrogen and oxygen atoms in total. The third kappa shape index (κ3) is 2.09. The lowest BCUT2D eigenvalue weighted by Crippen LogP contribution is -2.03. The lowest BCUT2D eigenvalue weighted by atomic mass is 10.1. The summed E-state index contributed by atoms with van der Waals surface area (Å²) in [6, 6.07) is 7.20. The van der Waals surface area contributed by atoms with Crippen molar-refractivity contribution < 1.29 is 0 Å². The van der Waals surface area contributed by atoms with Gasteiger partial charge in [0.25, 0.3) is 0 Å². The van der Waals surface area contributed by atoms with E-state index in [9.17, 15) is 0 Å². The minimum atomic E-state index is 0.252. The van der Waals surface area contributed by atoms with Crippen molar-refractivity contribution in [3.05, 3.63) is 45.7 Å². The smallest absolute Gasteiger partial charge is 0.165 e. The molecule has 0 saturated heterocycles. The predicted octanol–water partition coefficient (Wildman–Crippen LogP) is 3.47. The average Bonchev–Trinajstić information content (AvgIpc) is 2.77. The molecular formula is C14H9Cl2N5. The second-order valence-electron chi connectivity index (χ2n) is 4.49. The van der Waals surface area contributed by atoms with Crippen LogP contribution in [0.2, 0.25) is 10.0 Å². The van der Waals surface area contributed by atoms with Gasteiger partial charge in [-0.2, -0.15) is 14.9 Å². The first kappa shape index (κ1) is 13.7. The molecule has 3 rings (SSSR count). The van der Waals surface area contributed by atoms with Crippen LogP contribution in [0.4, 0.5) is 5.82 Å². The molecule has 2 N–H and O–H groups in total. The molecule has 1 aromatic carbocycles. The highest BCUT2D eigenvalue weighted by Gasteiger charge is 2.18. The van der Waals surface area contributed by atoms with E-state index in [4.69, 9.17) is 34.2 Å². The Morgan fingerprint density at radius 1 is 1.33 bits per heavy atom. The fourth-order valence-electron chi connectivity index (χ4n) is 2.20. The second kappa shape index (κ2) is 4.92. The SMILES string of the molecule is Cc1nn2c(N)c(C#N)cnc2c1-c1ccc(Cl)cc1Cl. The fourth-order valence-corrected chi connectivity index (χ4v) is 2.70. The molecule has 0 unspecified atom stereocenters. The molecule has 7 heteroatoms. The van der Waals surface area contributed by atoms with Gasteiger partial charge in [0.15, 0.2) is 5.65 Å².